The fourth-order valence-corrected chi connectivity index (χ4v) is 3.27. The minimum absolute atomic E-state index is 0.114. The summed E-state index contributed by atoms with van der Waals surface area (Å²) in [5.74, 6) is 0.778. The number of hydrogen-bond donors (Lipinski definition) is 1. The van der Waals surface area contributed by atoms with Crippen LogP contribution in [0.3, 0.4) is 0 Å². The average Bonchev–Trinajstić information content (AvgIpc) is 2.54. The minimum atomic E-state index is -3.26. The van der Waals surface area contributed by atoms with E-state index in [4.69, 9.17) is 16.3 Å². The molecule has 0 aliphatic heterocycles. The van der Waals surface area contributed by atoms with Crippen LogP contribution in [0.2, 0.25) is 5.02 Å². The van der Waals surface area contributed by atoms with E-state index in [1.807, 2.05) is 30.3 Å². The van der Waals surface area contributed by atoms with Gasteiger partial charge in [-0.2, -0.15) is 0 Å². The van der Waals surface area contributed by atoms with E-state index in [1.54, 1.807) is 24.3 Å². The second kappa shape index (κ2) is 8.91. The van der Waals surface area contributed by atoms with Crippen molar-refractivity contribution in [2.75, 3.05) is 18.9 Å². The molecule has 0 radical (unpaired) electrons. The quantitative estimate of drug-likeness (QED) is 0.704. The van der Waals surface area contributed by atoms with Crippen molar-refractivity contribution >= 4 is 21.6 Å². The van der Waals surface area contributed by atoms with E-state index in [0.717, 1.165) is 12.0 Å². The smallest absolute Gasteiger partial charge is 0.211 e. The highest BCUT2D eigenvalue weighted by Crippen LogP contribution is 2.15. The summed E-state index contributed by atoms with van der Waals surface area (Å²) in [7, 11) is -3.26. The summed E-state index contributed by atoms with van der Waals surface area (Å²) in [5.41, 5.74) is 1.15. The maximum atomic E-state index is 11.9. The molecule has 0 spiro atoms. The van der Waals surface area contributed by atoms with Crippen molar-refractivity contribution in [2.24, 2.45) is 0 Å². The first kappa shape index (κ1) is 17.8. The summed E-state index contributed by atoms with van der Waals surface area (Å²) < 4.78 is 31.8. The molecule has 0 heterocycles. The number of ether oxygens (including phenoxy) is 1. The van der Waals surface area contributed by atoms with Gasteiger partial charge in [-0.25, -0.2) is 13.1 Å². The maximum absolute atomic E-state index is 11.9. The third-order valence-corrected chi connectivity index (χ3v) is 4.95. The molecule has 23 heavy (non-hydrogen) atoms. The van der Waals surface area contributed by atoms with E-state index in [-0.39, 0.29) is 18.9 Å². The second-order valence-corrected chi connectivity index (χ2v) is 7.47. The Morgan fingerprint density at radius 3 is 2.39 bits per heavy atom. The van der Waals surface area contributed by atoms with E-state index >= 15 is 0 Å². The number of nitrogens with one attached hydrogen (secondary N) is 1. The minimum Gasteiger partial charge on any atom is -0.492 e. The van der Waals surface area contributed by atoms with Gasteiger partial charge in [0.05, 0.1) is 5.75 Å². The Morgan fingerprint density at radius 1 is 1.00 bits per heavy atom. The highest BCUT2D eigenvalue weighted by molar-refractivity contribution is 7.89. The highest BCUT2D eigenvalue weighted by atomic mass is 35.5. The molecule has 4 nitrogen and oxygen atoms in total. The summed E-state index contributed by atoms with van der Waals surface area (Å²) >= 11 is 5.78. The molecule has 0 unspecified atom stereocenters. The van der Waals surface area contributed by atoms with Crippen LogP contribution in [0.15, 0.2) is 54.6 Å². The molecule has 2 aromatic rings. The van der Waals surface area contributed by atoms with Gasteiger partial charge in [-0.1, -0.05) is 41.9 Å². The van der Waals surface area contributed by atoms with Crippen LogP contribution in [0.1, 0.15) is 12.0 Å². The van der Waals surface area contributed by atoms with Gasteiger partial charge in [-0.15, -0.1) is 0 Å². The summed E-state index contributed by atoms with van der Waals surface area (Å²) in [6, 6.07) is 16.8. The predicted octanol–water partition coefficient (Wildman–Crippen LogP) is 3.27. The van der Waals surface area contributed by atoms with Gasteiger partial charge in [0.2, 0.25) is 10.0 Å². The van der Waals surface area contributed by atoms with Gasteiger partial charge in [0, 0.05) is 11.6 Å². The van der Waals surface area contributed by atoms with Gasteiger partial charge in [0.1, 0.15) is 12.4 Å². The molecule has 0 aliphatic carbocycles. The Morgan fingerprint density at radius 2 is 1.70 bits per heavy atom. The van der Waals surface area contributed by atoms with Crippen molar-refractivity contribution in [3.63, 3.8) is 0 Å². The van der Waals surface area contributed by atoms with Gasteiger partial charge in [0.15, 0.2) is 0 Å². The zero-order valence-electron chi connectivity index (χ0n) is 12.7. The molecular weight excluding hydrogens is 334 g/mol. The zero-order valence-corrected chi connectivity index (χ0v) is 14.3. The van der Waals surface area contributed by atoms with Crippen molar-refractivity contribution in [3.05, 3.63) is 65.2 Å². The van der Waals surface area contributed by atoms with Crippen LogP contribution < -0.4 is 9.46 Å². The van der Waals surface area contributed by atoms with Gasteiger partial charge in [-0.05, 0) is 42.7 Å². The lowest BCUT2D eigenvalue weighted by Crippen LogP contribution is -2.30. The molecule has 0 saturated carbocycles. The first-order valence-corrected chi connectivity index (χ1v) is 9.48. The third-order valence-electron chi connectivity index (χ3n) is 3.23. The monoisotopic (exact) mass is 353 g/mol. The normalized spacial score (nSPS) is 11.3. The van der Waals surface area contributed by atoms with Crippen molar-refractivity contribution in [1.82, 2.24) is 4.72 Å². The lowest BCUT2D eigenvalue weighted by atomic mass is 10.1. The first-order valence-electron chi connectivity index (χ1n) is 7.45. The van der Waals surface area contributed by atoms with Crippen LogP contribution in [0.5, 0.6) is 5.75 Å². The van der Waals surface area contributed by atoms with E-state index in [1.165, 1.54) is 0 Å². The van der Waals surface area contributed by atoms with E-state index < -0.39 is 10.0 Å². The zero-order chi connectivity index (χ0) is 16.5. The number of aryl methyl sites for hydroxylation is 1. The Kier molecular flexibility index (Phi) is 6.89. The summed E-state index contributed by atoms with van der Waals surface area (Å²) in [4.78, 5) is 0. The lowest BCUT2D eigenvalue weighted by molar-refractivity contribution is 0.323. The van der Waals surface area contributed by atoms with Crippen molar-refractivity contribution in [3.8, 4) is 5.75 Å². The van der Waals surface area contributed by atoms with Crippen LogP contribution in [-0.2, 0) is 16.4 Å². The fourth-order valence-electron chi connectivity index (χ4n) is 2.08. The predicted molar refractivity (Wildman–Crippen MR) is 93.5 cm³/mol. The van der Waals surface area contributed by atoms with Gasteiger partial charge >= 0.3 is 0 Å². The van der Waals surface area contributed by atoms with Gasteiger partial charge in [0.25, 0.3) is 0 Å². The van der Waals surface area contributed by atoms with Crippen LogP contribution in [0, 0.1) is 0 Å². The molecule has 1 N–H and O–H groups in total. The number of halogens is 1. The molecular formula is C17H20ClNO3S. The molecule has 0 fully saturated rings. The second-order valence-electron chi connectivity index (χ2n) is 5.10. The summed E-state index contributed by atoms with van der Waals surface area (Å²) in [6.45, 7) is 0.524. The fraction of sp³-hybridized carbons (Fsp3) is 0.294. The van der Waals surface area contributed by atoms with E-state index in [9.17, 15) is 8.42 Å². The number of hydrogen-bond acceptors (Lipinski definition) is 3. The van der Waals surface area contributed by atoms with Gasteiger partial charge in [-0.3, -0.25) is 0 Å². The molecule has 0 aromatic heterocycles. The third kappa shape index (κ3) is 7.03. The van der Waals surface area contributed by atoms with Gasteiger partial charge < -0.3 is 4.74 Å². The number of rotatable bonds is 9. The van der Waals surface area contributed by atoms with Crippen LogP contribution in [-0.4, -0.2) is 27.3 Å². The summed E-state index contributed by atoms with van der Waals surface area (Å²) in [5, 5.41) is 0.636. The molecule has 6 heteroatoms. The highest BCUT2D eigenvalue weighted by Gasteiger charge is 2.09. The molecule has 0 aliphatic rings. The molecule has 0 bridgehead atoms. The SMILES string of the molecule is O=S(=O)(CCCc1ccccc1)NCCOc1ccc(Cl)cc1. The van der Waals surface area contributed by atoms with E-state index in [2.05, 4.69) is 4.72 Å². The molecule has 2 rings (SSSR count). The van der Waals surface area contributed by atoms with Crippen molar-refractivity contribution < 1.29 is 13.2 Å². The standard InChI is InChI=1S/C17H20ClNO3S/c18-16-8-10-17(11-9-16)22-13-12-19-23(20,21)14-4-7-15-5-2-1-3-6-15/h1-3,5-6,8-11,19H,4,7,12-14H2. The Balaban J connectivity index is 1.64. The maximum Gasteiger partial charge on any atom is 0.211 e. The molecule has 0 saturated heterocycles. The molecule has 0 amide bonds. The largest absolute Gasteiger partial charge is 0.492 e. The Labute approximate surface area is 142 Å². The van der Waals surface area contributed by atoms with Crippen LogP contribution in [0.4, 0.5) is 0 Å². The first-order chi connectivity index (χ1) is 11.1. The number of sulfonamides is 1. The van der Waals surface area contributed by atoms with Crippen LogP contribution >= 0.6 is 11.6 Å². The molecule has 2 aromatic carbocycles. The van der Waals surface area contributed by atoms with Crippen molar-refractivity contribution in [2.45, 2.75) is 12.8 Å². The molecule has 124 valence electrons. The Bertz CT molecular complexity index is 688. The summed E-state index contributed by atoms with van der Waals surface area (Å²) in [6.07, 6.45) is 1.35. The van der Waals surface area contributed by atoms with E-state index in [0.29, 0.717) is 17.2 Å². The molecule has 0 atom stereocenters. The number of benzene rings is 2. The van der Waals surface area contributed by atoms with Crippen molar-refractivity contribution in [1.29, 1.82) is 0 Å². The lowest BCUT2D eigenvalue weighted by Gasteiger charge is -2.08. The average molecular weight is 354 g/mol. The van der Waals surface area contributed by atoms with Crippen LogP contribution in [0.25, 0.3) is 0 Å². The Hall–Kier alpha value is -1.56. The topological polar surface area (TPSA) is 55.4 Å².